The fourth-order valence-electron chi connectivity index (χ4n) is 3.17. The van der Waals surface area contributed by atoms with Crippen LogP contribution in [0.25, 0.3) is 11.0 Å². The van der Waals surface area contributed by atoms with Crippen LogP contribution in [0.1, 0.15) is 44.0 Å². The standard InChI is InChI=1S/C16H19FO3/c1-19-16(7-3-2-4-8-16)15(18)14-10-11-9-12(17)5-6-13(11)20-14/h5-6,9-10,15,18H,2-4,7-8H2,1H3. The Morgan fingerprint density at radius 2 is 2.00 bits per heavy atom. The van der Waals surface area contributed by atoms with Gasteiger partial charge in [-0.15, -0.1) is 0 Å². The smallest absolute Gasteiger partial charge is 0.140 e. The summed E-state index contributed by atoms with van der Waals surface area (Å²) in [6, 6.07) is 6.06. The molecule has 0 spiro atoms. The van der Waals surface area contributed by atoms with Gasteiger partial charge in [-0.25, -0.2) is 4.39 Å². The summed E-state index contributed by atoms with van der Waals surface area (Å²) in [5, 5.41) is 11.3. The molecular formula is C16H19FO3. The summed E-state index contributed by atoms with van der Waals surface area (Å²) in [7, 11) is 1.64. The molecule has 4 heteroatoms. The fraction of sp³-hybridized carbons (Fsp3) is 0.500. The Balaban J connectivity index is 1.96. The normalized spacial score (nSPS) is 20.1. The van der Waals surface area contributed by atoms with Gasteiger partial charge in [0.05, 0.1) is 0 Å². The quantitative estimate of drug-likeness (QED) is 0.924. The highest BCUT2D eigenvalue weighted by molar-refractivity contribution is 5.78. The first-order valence-corrected chi connectivity index (χ1v) is 7.07. The van der Waals surface area contributed by atoms with Crippen molar-refractivity contribution in [2.45, 2.75) is 43.8 Å². The van der Waals surface area contributed by atoms with E-state index < -0.39 is 11.7 Å². The number of aliphatic hydroxyl groups excluding tert-OH is 1. The number of benzene rings is 1. The fourth-order valence-corrected chi connectivity index (χ4v) is 3.17. The summed E-state index contributed by atoms with van der Waals surface area (Å²) in [6.07, 6.45) is 4.07. The maximum absolute atomic E-state index is 13.2. The van der Waals surface area contributed by atoms with E-state index in [0.29, 0.717) is 16.7 Å². The maximum Gasteiger partial charge on any atom is 0.140 e. The van der Waals surface area contributed by atoms with Crippen molar-refractivity contribution in [3.05, 3.63) is 35.8 Å². The Morgan fingerprint density at radius 3 is 2.70 bits per heavy atom. The van der Waals surface area contributed by atoms with Gasteiger partial charge in [0.1, 0.15) is 28.9 Å². The Morgan fingerprint density at radius 1 is 1.25 bits per heavy atom. The topological polar surface area (TPSA) is 42.6 Å². The molecule has 3 nitrogen and oxygen atoms in total. The predicted molar refractivity (Wildman–Crippen MR) is 74.0 cm³/mol. The summed E-state index contributed by atoms with van der Waals surface area (Å²) < 4.78 is 24.5. The van der Waals surface area contributed by atoms with Crippen LogP contribution < -0.4 is 0 Å². The van der Waals surface area contributed by atoms with Crippen molar-refractivity contribution in [2.75, 3.05) is 7.11 Å². The number of ether oxygens (including phenoxy) is 1. The Labute approximate surface area is 117 Å². The van der Waals surface area contributed by atoms with Crippen LogP contribution in [0, 0.1) is 5.82 Å². The third kappa shape index (κ3) is 2.23. The van der Waals surface area contributed by atoms with Crippen LogP contribution in [0.5, 0.6) is 0 Å². The van der Waals surface area contributed by atoms with E-state index in [-0.39, 0.29) is 5.82 Å². The lowest BCUT2D eigenvalue weighted by molar-refractivity contribution is -0.131. The van der Waals surface area contributed by atoms with Gasteiger partial charge < -0.3 is 14.3 Å². The summed E-state index contributed by atoms with van der Waals surface area (Å²) in [4.78, 5) is 0. The second-order valence-electron chi connectivity index (χ2n) is 5.56. The first kappa shape index (κ1) is 13.6. The molecule has 1 saturated carbocycles. The molecule has 1 unspecified atom stereocenters. The zero-order chi connectivity index (χ0) is 14.2. The minimum Gasteiger partial charge on any atom is -0.458 e. The van der Waals surface area contributed by atoms with Crippen LogP contribution in [-0.4, -0.2) is 17.8 Å². The Hall–Kier alpha value is -1.39. The van der Waals surface area contributed by atoms with E-state index >= 15 is 0 Å². The van der Waals surface area contributed by atoms with E-state index in [1.807, 2.05) is 0 Å². The molecule has 1 aromatic heterocycles. The van der Waals surface area contributed by atoms with Gasteiger partial charge in [0, 0.05) is 12.5 Å². The molecular weight excluding hydrogens is 259 g/mol. The third-order valence-corrected chi connectivity index (χ3v) is 4.37. The van der Waals surface area contributed by atoms with Crippen molar-refractivity contribution in [2.24, 2.45) is 0 Å². The van der Waals surface area contributed by atoms with Gasteiger partial charge >= 0.3 is 0 Å². The molecule has 1 aliphatic carbocycles. The molecule has 2 aromatic rings. The Bertz CT molecular complexity index is 599. The highest BCUT2D eigenvalue weighted by atomic mass is 19.1. The number of fused-ring (bicyclic) bond motifs is 1. The van der Waals surface area contributed by atoms with Gasteiger partial charge in [-0.3, -0.25) is 0 Å². The van der Waals surface area contributed by atoms with Gasteiger partial charge in [0.2, 0.25) is 0 Å². The summed E-state index contributed by atoms with van der Waals surface area (Å²) >= 11 is 0. The van der Waals surface area contributed by atoms with E-state index in [0.717, 1.165) is 25.7 Å². The zero-order valence-corrected chi connectivity index (χ0v) is 11.6. The molecule has 108 valence electrons. The van der Waals surface area contributed by atoms with E-state index in [2.05, 4.69) is 0 Å². The van der Waals surface area contributed by atoms with Gasteiger partial charge in [-0.05, 0) is 37.1 Å². The van der Waals surface area contributed by atoms with Crippen molar-refractivity contribution in [3.63, 3.8) is 0 Å². The largest absolute Gasteiger partial charge is 0.458 e. The number of rotatable bonds is 3. The van der Waals surface area contributed by atoms with Gasteiger partial charge in [0.25, 0.3) is 0 Å². The second kappa shape index (κ2) is 5.19. The van der Waals surface area contributed by atoms with Gasteiger partial charge in [-0.2, -0.15) is 0 Å². The van der Waals surface area contributed by atoms with Crippen LogP contribution in [-0.2, 0) is 4.74 Å². The van der Waals surface area contributed by atoms with E-state index in [4.69, 9.17) is 9.15 Å². The van der Waals surface area contributed by atoms with E-state index in [9.17, 15) is 9.50 Å². The minimum atomic E-state index is -0.816. The maximum atomic E-state index is 13.2. The van der Waals surface area contributed by atoms with Crippen molar-refractivity contribution < 1.29 is 18.7 Å². The lowest BCUT2D eigenvalue weighted by Crippen LogP contribution is -2.40. The lowest BCUT2D eigenvalue weighted by atomic mass is 9.79. The molecule has 1 heterocycles. The molecule has 0 aliphatic heterocycles. The second-order valence-corrected chi connectivity index (χ2v) is 5.56. The minimum absolute atomic E-state index is 0.307. The van der Waals surface area contributed by atoms with Crippen LogP contribution in [0.2, 0.25) is 0 Å². The summed E-state index contributed by atoms with van der Waals surface area (Å²) in [6.45, 7) is 0. The SMILES string of the molecule is COC1(C(O)c2cc3cc(F)ccc3o2)CCCCC1. The van der Waals surface area contributed by atoms with Crippen molar-refractivity contribution in [1.82, 2.24) is 0 Å². The van der Waals surface area contributed by atoms with Crippen molar-refractivity contribution in [1.29, 1.82) is 0 Å². The molecule has 0 saturated heterocycles. The summed E-state index contributed by atoms with van der Waals surface area (Å²) in [5.74, 6) is 0.146. The average Bonchev–Trinajstić information content (AvgIpc) is 2.90. The number of halogens is 1. The molecule has 20 heavy (non-hydrogen) atoms. The lowest BCUT2D eigenvalue weighted by Gasteiger charge is -2.38. The molecule has 1 aliphatic rings. The molecule has 0 amide bonds. The number of hydrogen-bond acceptors (Lipinski definition) is 3. The van der Waals surface area contributed by atoms with Crippen LogP contribution >= 0.6 is 0 Å². The van der Waals surface area contributed by atoms with Gasteiger partial charge in [-0.1, -0.05) is 19.3 Å². The molecule has 0 radical (unpaired) electrons. The molecule has 1 N–H and O–H groups in total. The molecule has 3 rings (SSSR count). The van der Waals surface area contributed by atoms with E-state index in [1.54, 1.807) is 19.2 Å². The molecule has 1 aromatic carbocycles. The van der Waals surface area contributed by atoms with Gasteiger partial charge in [0.15, 0.2) is 0 Å². The first-order chi connectivity index (χ1) is 9.64. The van der Waals surface area contributed by atoms with Crippen LogP contribution in [0.15, 0.2) is 28.7 Å². The van der Waals surface area contributed by atoms with Crippen LogP contribution in [0.4, 0.5) is 4.39 Å². The predicted octanol–water partition coefficient (Wildman–Crippen LogP) is 3.95. The number of aliphatic hydroxyl groups is 1. The van der Waals surface area contributed by atoms with Crippen molar-refractivity contribution in [3.8, 4) is 0 Å². The third-order valence-electron chi connectivity index (χ3n) is 4.37. The Kier molecular flexibility index (Phi) is 3.52. The molecule has 1 fully saturated rings. The number of methoxy groups -OCH3 is 1. The van der Waals surface area contributed by atoms with Crippen LogP contribution in [0.3, 0.4) is 0 Å². The molecule has 0 bridgehead atoms. The number of hydrogen-bond donors (Lipinski definition) is 1. The monoisotopic (exact) mass is 278 g/mol. The van der Waals surface area contributed by atoms with E-state index in [1.165, 1.54) is 18.6 Å². The van der Waals surface area contributed by atoms with Crippen molar-refractivity contribution >= 4 is 11.0 Å². The highest BCUT2D eigenvalue weighted by Crippen LogP contribution is 2.42. The zero-order valence-electron chi connectivity index (χ0n) is 11.6. The highest BCUT2D eigenvalue weighted by Gasteiger charge is 2.41. The first-order valence-electron chi connectivity index (χ1n) is 7.07. The average molecular weight is 278 g/mol. The summed E-state index contributed by atoms with van der Waals surface area (Å²) in [5.41, 5.74) is 0.00696. The molecule has 1 atom stereocenters. The number of furan rings is 1.